The van der Waals surface area contributed by atoms with Crippen LogP contribution in [0.1, 0.15) is 18.4 Å². The molecule has 27 heavy (non-hydrogen) atoms. The number of rotatable bonds is 4. The number of nitrogens with zero attached hydrogens (tertiary/aromatic N) is 2. The van der Waals surface area contributed by atoms with E-state index in [0.29, 0.717) is 32.0 Å². The van der Waals surface area contributed by atoms with Crippen molar-refractivity contribution in [1.82, 2.24) is 9.21 Å². The SMILES string of the molecule is C=CC(=O)N1CCC2(CC1)CN(S(=O)(=O)Cc1ccc(F)cc1F)CCO2. The number of morpholine rings is 1. The average Bonchev–Trinajstić information content (AvgIpc) is 2.64. The lowest BCUT2D eigenvalue weighted by Crippen LogP contribution is -2.58. The van der Waals surface area contributed by atoms with Gasteiger partial charge >= 0.3 is 0 Å². The van der Waals surface area contributed by atoms with E-state index in [1.54, 1.807) is 4.90 Å². The molecule has 2 fully saturated rings. The van der Waals surface area contributed by atoms with Crippen LogP contribution >= 0.6 is 0 Å². The van der Waals surface area contributed by atoms with Crippen LogP contribution < -0.4 is 0 Å². The van der Waals surface area contributed by atoms with Gasteiger partial charge in [0.1, 0.15) is 11.6 Å². The number of sulfonamides is 1. The number of benzene rings is 1. The van der Waals surface area contributed by atoms with Gasteiger partial charge in [0.2, 0.25) is 15.9 Å². The molecule has 0 N–H and O–H groups in total. The minimum Gasteiger partial charge on any atom is -0.372 e. The molecule has 9 heteroatoms. The highest BCUT2D eigenvalue weighted by atomic mass is 32.2. The van der Waals surface area contributed by atoms with E-state index < -0.39 is 33.0 Å². The quantitative estimate of drug-likeness (QED) is 0.722. The van der Waals surface area contributed by atoms with Crippen molar-refractivity contribution in [3.05, 3.63) is 48.1 Å². The zero-order valence-corrected chi connectivity index (χ0v) is 15.7. The Bertz CT molecular complexity index is 836. The Morgan fingerprint density at radius 1 is 1.26 bits per heavy atom. The highest BCUT2D eigenvalue weighted by molar-refractivity contribution is 7.88. The lowest BCUT2D eigenvalue weighted by Gasteiger charge is -2.46. The normalized spacial score (nSPS) is 20.6. The summed E-state index contributed by atoms with van der Waals surface area (Å²) in [6.07, 6.45) is 2.29. The van der Waals surface area contributed by atoms with Crippen molar-refractivity contribution in [3.8, 4) is 0 Å². The Morgan fingerprint density at radius 2 is 1.96 bits per heavy atom. The summed E-state index contributed by atoms with van der Waals surface area (Å²) < 4.78 is 59.6. The van der Waals surface area contributed by atoms with Gasteiger partial charge in [-0.05, 0) is 25.0 Å². The molecule has 0 atom stereocenters. The summed E-state index contributed by atoms with van der Waals surface area (Å²) in [4.78, 5) is 13.4. The number of halogens is 2. The first-order valence-electron chi connectivity index (χ1n) is 8.72. The third-order valence-electron chi connectivity index (χ3n) is 5.12. The Labute approximate surface area is 157 Å². The number of carbonyl (C=O) groups excluding carboxylic acids is 1. The van der Waals surface area contributed by atoms with Crippen LogP contribution in [-0.4, -0.2) is 61.9 Å². The van der Waals surface area contributed by atoms with Crippen molar-refractivity contribution in [2.75, 3.05) is 32.8 Å². The highest BCUT2D eigenvalue weighted by Crippen LogP contribution is 2.32. The van der Waals surface area contributed by atoms with Crippen molar-refractivity contribution in [2.24, 2.45) is 0 Å². The Morgan fingerprint density at radius 3 is 2.59 bits per heavy atom. The van der Waals surface area contributed by atoms with Gasteiger partial charge in [0.25, 0.3) is 0 Å². The topological polar surface area (TPSA) is 66.9 Å². The summed E-state index contributed by atoms with van der Waals surface area (Å²) >= 11 is 0. The molecule has 1 aromatic rings. The first kappa shape index (κ1) is 19.9. The van der Waals surface area contributed by atoms with E-state index in [4.69, 9.17) is 4.74 Å². The molecule has 1 spiro atoms. The number of likely N-dealkylation sites (tertiary alicyclic amines) is 1. The van der Waals surface area contributed by atoms with Crippen molar-refractivity contribution in [2.45, 2.75) is 24.2 Å². The minimum atomic E-state index is -3.79. The molecule has 0 saturated carbocycles. The fraction of sp³-hybridized carbons (Fsp3) is 0.500. The van der Waals surface area contributed by atoms with Crippen molar-refractivity contribution in [3.63, 3.8) is 0 Å². The molecule has 0 unspecified atom stereocenters. The maximum absolute atomic E-state index is 13.9. The van der Waals surface area contributed by atoms with E-state index >= 15 is 0 Å². The van der Waals surface area contributed by atoms with Crippen molar-refractivity contribution >= 4 is 15.9 Å². The van der Waals surface area contributed by atoms with Crippen LogP contribution in [-0.2, 0) is 25.3 Å². The van der Waals surface area contributed by atoms with Crippen LogP contribution in [0.5, 0.6) is 0 Å². The van der Waals surface area contributed by atoms with E-state index in [-0.39, 0.29) is 31.2 Å². The van der Waals surface area contributed by atoms with Gasteiger partial charge in [0.15, 0.2) is 0 Å². The Balaban J connectivity index is 1.70. The second kappa shape index (κ2) is 7.65. The van der Waals surface area contributed by atoms with E-state index in [2.05, 4.69) is 6.58 Å². The molecule has 0 radical (unpaired) electrons. The predicted octanol–water partition coefficient (Wildman–Crippen LogP) is 1.67. The fourth-order valence-corrected chi connectivity index (χ4v) is 5.13. The molecular weight excluding hydrogens is 378 g/mol. The largest absolute Gasteiger partial charge is 0.372 e. The number of hydrogen-bond donors (Lipinski definition) is 0. The van der Waals surface area contributed by atoms with Crippen LogP contribution in [0.25, 0.3) is 0 Å². The second-order valence-corrected chi connectivity index (χ2v) is 8.86. The lowest BCUT2D eigenvalue weighted by molar-refractivity contribution is -0.140. The third-order valence-corrected chi connectivity index (χ3v) is 6.90. The molecule has 0 aliphatic carbocycles. The van der Waals surface area contributed by atoms with Gasteiger partial charge in [-0.25, -0.2) is 17.2 Å². The summed E-state index contributed by atoms with van der Waals surface area (Å²) in [7, 11) is -3.79. The molecule has 3 rings (SSSR count). The molecular formula is C18H22F2N2O4S. The van der Waals surface area contributed by atoms with Crippen molar-refractivity contribution < 1.29 is 26.7 Å². The van der Waals surface area contributed by atoms with Gasteiger partial charge in [-0.3, -0.25) is 4.79 Å². The Kier molecular flexibility index (Phi) is 5.64. The van der Waals surface area contributed by atoms with Gasteiger partial charge in [-0.15, -0.1) is 0 Å². The molecule has 2 heterocycles. The molecule has 0 bridgehead atoms. The van der Waals surface area contributed by atoms with E-state index in [1.807, 2.05) is 0 Å². The summed E-state index contributed by atoms with van der Waals surface area (Å²) in [5, 5.41) is 0. The number of piperidine rings is 1. The maximum Gasteiger partial charge on any atom is 0.245 e. The van der Waals surface area contributed by atoms with Gasteiger partial charge in [0, 0.05) is 37.8 Å². The average molecular weight is 400 g/mol. The molecule has 2 aliphatic heterocycles. The first-order valence-corrected chi connectivity index (χ1v) is 10.3. The van der Waals surface area contributed by atoms with Crippen molar-refractivity contribution in [1.29, 1.82) is 0 Å². The number of ether oxygens (including phenoxy) is 1. The summed E-state index contributed by atoms with van der Waals surface area (Å²) in [5.41, 5.74) is -0.715. The molecule has 1 aromatic carbocycles. The zero-order valence-electron chi connectivity index (χ0n) is 14.9. The van der Waals surface area contributed by atoms with Crippen LogP contribution in [0.4, 0.5) is 8.78 Å². The highest BCUT2D eigenvalue weighted by Gasteiger charge is 2.43. The van der Waals surface area contributed by atoms with Gasteiger partial charge in [-0.1, -0.05) is 12.6 Å². The maximum atomic E-state index is 13.9. The molecule has 2 saturated heterocycles. The summed E-state index contributed by atoms with van der Waals surface area (Å²) in [5.74, 6) is -2.31. The van der Waals surface area contributed by atoms with Crippen LogP contribution in [0.3, 0.4) is 0 Å². The standard InChI is InChI=1S/C18H22F2N2O4S/c1-2-17(23)21-7-5-18(6-8-21)13-22(9-10-26-18)27(24,25)12-14-3-4-15(19)11-16(14)20/h2-4,11H,1,5-10,12-13H2. The lowest BCUT2D eigenvalue weighted by atomic mass is 9.90. The van der Waals surface area contributed by atoms with Gasteiger partial charge in [0.05, 0.1) is 18.0 Å². The number of hydrogen-bond acceptors (Lipinski definition) is 4. The second-order valence-electron chi connectivity index (χ2n) is 6.89. The van der Waals surface area contributed by atoms with E-state index in [0.717, 1.165) is 12.1 Å². The summed E-state index contributed by atoms with van der Waals surface area (Å²) in [6.45, 7) is 4.98. The monoisotopic (exact) mass is 400 g/mol. The molecule has 2 aliphatic rings. The van der Waals surface area contributed by atoms with Crippen LogP contribution in [0.2, 0.25) is 0 Å². The zero-order chi connectivity index (χ0) is 19.7. The van der Waals surface area contributed by atoms with E-state index in [1.165, 1.54) is 10.4 Å². The smallest absolute Gasteiger partial charge is 0.245 e. The summed E-state index contributed by atoms with van der Waals surface area (Å²) in [6, 6.07) is 2.87. The number of carbonyl (C=O) groups is 1. The van der Waals surface area contributed by atoms with E-state index in [9.17, 15) is 22.0 Å². The number of amides is 1. The minimum absolute atomic E-state index is 0.0664. The van der Waals surface area contributed by atoms with Crippen LogP contribution in [0.15, 0.2) is 30.9 Å². The first-order chi connectivity index (χ1) is 12.7. The van der Waals surface area contributed by atoms with Gasteiger partial charge in [-0.2, -0.15) is 4.31 Å². The predicted molar refractivity (Wildman–Crippen MR) is 95.2 cm³/mol. The molecule has 148 valence electrons. The molecule has 6 nitrogen and oxygen atoms in total. The molecule has 1 amide bonds. The van der Waals surface area contributed by atoms with Crippen LogP contribution in [0, 0.1) is 11.6 Å². The fourth-order valence-electron chi connectivity index (χ4n) is 3.54. The Hall–Kier alpha value is -1.84. The molecule has 0 aromatic heterocycles. The van der Waals surface area contributed by atoms with Gasteiger partial charge < -0.3 is 9.64 Å². The third kappa shape index (κ3) is 4.36.